The summed E-state index contributed by atoms with van der Waals surface area (Å²) in [5.41, 5.74) is 2.50. The molecule has 2 nitrogen and oxygen atoms in total. The Labute approximate surface area is 132 Å². The van der Waals surface area contributed by atoms with Crippen molar-refractivity contribution < 1.29 is 4.21 Å². The Morgan fingerprint density at radius 2 is 2.10 bits per heavy atom. The number of aryl methyl sites for hydroxylation is 1. The van der Waals surface area contributed by atoms with Gasteiger partial charge in [-0.15, -0.1) is 0 Å². The van der Waals surface area contributed by atoms with Gasteiger partial charge in [-0.1, -0.05) is 37.6 Å². The van der Waals surface area contributed by atoms with Gasteiger partial charge in [-0.3, -0.25) is 4.21 Å². The second kappa shape index (κ2) is 8.70. The van der Waals surface area contributed by atoms with Crippen molar-refractivity contribution in [1.82, 2.24) is 5.32 Å². The topological polar surface area (TPSA) is 29.1 Å². The quantitative estimate of drug-likeness (QED) is 0.791. The summed E-state index contributed by atoms with van der Waals surface area (Å²) in [5.74, 6) is 2.30. The summed E-state index contributed by atoms with van der Waals surface area (Å²) in [6.07, 6.45) is 6.25. The van der Waals surface area contributed by atoms with Crippen molar-refractivity contribution >= 4 is 10.8 Å². The van der Waals surface area contributed by atoms with E-state index in [0.717, 1.165) is 24.6 Å². The highest BCUT2D eigenvalue weighted by Crippen LogP contribution is 2.28. The Kier molecular flexibility index (Phi) is 6.91. The van der Waals surface area contributed by atoms with E-state index in [4.69, 9.17) is 0 Å². The van der Waals surface area contributed by atoms with Gasteiger partial charge in [-0.05, 0) is 56.2 Å². The van der Waals surface area contributed by atoms with Crippen LogP contribution >= 0.6 is 0 Å². The van der Waals surface area contributed by atoms with Crippen LogP contribution in [0.15, 0.2) is 24.3 Å². The predicted molar refractivity (Wildman–Crippen MR) is 91.9 cm³/mol. The second-order valence-corrected chi connectivity index (χ2v) is 7.83. The molecule has 118 valence electrons. The minimum atomic E-state index is -0.726. The SMILES string of the molecule is CCCNC1CCCC1CCS(=O)Cc1ccccc1C. The molecular formula is C18H29NOS. The van der Waals surface area contributed by atoms with Gasteiger partial charge in [0.15, 0.2) is 0 Å². The average molecular weight is 308 g/mol. The van der Waals surface area contributed by atoms with Gasteiger partial charge >= 0.3 is 0 Å². The van der Waals surface area contributed by atoms with E-state index in [9.17, 15) is 4.21 Å². The van der Waals surface area contributed by atoms with Gasteiger partial charge in [0.2, 0.25) is 0 Å². The van der Waals surface area contributed by atoms with E-state index in [1.54, 1.807) is 0 Å². The van der Waals surface area contributed by atoms with Crippen molar-refractivity contribution in [3.63, 3.8) is 0 Å². The molecule has 0 aromatic heterocycles. The van der Waals surface area contributed by atoms with Crippen LogP contribution in [0.2, 0.25) is 0 Å². The summed E-state index contributed by atoms with van der Waals surface area (Å²) in [7, 11) is -0.726. The van der Waals surface area contributed by atoms with Crippen molar-refractivity contribution in [3.05, 3.63) is 35.4 Å². The highest BCUT2D eigenvalue weighted by Gasteiger charge is 2.26. The van der Waals surface area contributed by atoms with Crippen LogP contribution in [0.25, 0.3) is 0 Å². The minimum Gasteiger partial charge on any atom is -0.314 e. The van der Waals surface area contributed by atoms with Crippen LogP contribution < -0.4 is 5.32 Å². The van der Waals surface area contributed by atoms with E-state index in [0.29, 0.717) is 11.8 Å². The van der Waals surface area contributed by atoms with E-state index in [1.165, 1.54) is 36.8 Å². The first-order chi connectivity index (χ1) is 10.2. The van der Waals surface area contributed by atoms with E-state index in [2.05, 4.69) is 31.3 Å². The van der Waals surface area contributed by atoms with Crippen molar-refractivity contribution in [2.24, 2.45) is 5.92 Å². The lowest BCUT2D eigenvalue weighted by atomic mass is 10.0. The molecule has 1 aromatic rings. The monoisotopic (exact) mass is 307 g/mol. The number of benzene rings is 1. The lowest BCUT2D eigenvalue weighted by molar-refractivity contribution is 0.393. The maximum Gasteiger partial charge on any atom is 0.0488 e. The first-order valence-corrected chi connectivity index (χ1v) is 9.82. The van der Waals surface area contributed by atoms with Crippen molar-refractivity contribution in [3.8, 4) is 0 Å². The van der Waals surface area contributed by atoms with Crippen LogP contribution in [0.1, 0.15) is 50.2 Å². The maximum absolute atomic E-state index is 12.3. The molecule has 0 amide bonds. The Bertz CT molecular complexity index is 460. The molecule has 0 bridgehead atoms. The van der Waals surface area contributed by atoms with Crippen molar-refractivity contribution in [2.45, 2.75) is 57.7 Å². The Balaban J connectivity index is 1.77. The van der Waals surface area contributed by atoms with Crippen LogP contribution in [-0.4, -0.2) is 22.5 Å². The molecule has 3 heteroatoms. The molecule has 0 spiro atoms. The van der Waals surface area contributed by atoms with Crippen molar-refractivity contribution in [2.75, 3.05) is 12.3 Å². The molecule has 1 aromatic carbocycles. The zero-order chi connectivity index (χ0) is 15.1. The molecule has 0 aliphatic heterocycles. The van der Waals surface area contributed by atoms with Crippen LogP contribution in [0, 0.1) is 12.8 Å². The lowest BCUT2D eigenvalue weighted by Gasteiger charge is -2.20. The molecule has 1 aliphatic carbocycles. The third kappa shape index (κ3) is 5.23. The number of hydrogen-bond acceptors (Lipinski definition) is 2. The van der Waals surface area contributed by atoms with Gasteiger partial charge in [0.05, 0.1) is 0 Å². The predicted octanol–water partition coefficient (Wildman–Crippen LogP) is 3.80. The summed E-state index contributed by atoms with van der Waals surface area (Å²) in [4.78, 5) is 0. The highest BCUT2D eigenvalue weighted by molar-refractivity contribution is 7.84. The van der Waals surface area contributed by atoms with Gasteiger partial charge in [0.1, 0.15) is 0 Å². The summed E-state index contributed by atoms with van der Waals surface area (Å²) in [6, 6.07) is 8.97. The summed E-state index contributed by atoms with van der Waals surface area (Å²) >= 11 is 0. The van der Waals surface area contributed by atoms with Gasteiger partial charge in [-0.2, -0.15) is 0 Å². The Hall–Kier alpha value is -0.670. The molecule has 2 rings (SSSR count). The molecule has 0 radical (unpaired) electrons. The fourth-order valence-electron chi connectivity index (χ4n) is 3.28. The first-order valence-electron chi connectivity index (χ1n) is 8.33. The van der Waals surface area contributed by atoms with Crippen LogP contribution in [0.3, 0.4) is 0 Å². The molecule has 1 N–H and O–H groups in total. The van der Waals surface area contributed by atoms with E-state index >= 15 is 0 Å². The molecule has 3 atom stereocenters. The second-order valence-electron chi connectivity index (χ2n) is 6.26. The molecule has 0 heterocycles. The van der Waals surface area contributed by atoms with Crippen molar-refractivity contribution in [1.29, 1.82) is 0 Å². The van der Waals surface area contributed by atoms with Crippen LogP contribution in [0.4, 0.5) is 0 Å². The molecular weight excluding hydrogens is 278 g/mol. The Morgan fingerprint density at radius 3 is 2.86 bits per heavy atom. The fraction of sp³-hybridized carbons (Fsp3) is 0.667. The molecule has 1 saturated carbocycles. The molecule has 21 heavy (non-hydrogen) atoms. The zero-order valence-corrected chi connectivity index (χ0v) is 14.3. The summed E-state index contributed by atoms with van der Waals surface area (Å²) in [6.45, 7) is 5.44. The smallest absolute Gasteiger partial charge is 0.0488 e. The van der Waals surface area contributed by atoms with E-state index in [-0.39, 0.29) is 0 Å². The van der Waals surface area contributed by atoms with Gasteiger partial charge in [0.25, 0.3) is 0 Å². The molecule has 0 saturated heterocycles. The summed E-state index contributed by atoms with van der Waals surface area (Å²) in [5, 5.41) is 3.66. The number of hydrogen-bond donors (Lipinski definition) is 1. The Morgan fingerprint density at radius 1 is 1.29 bits per heavy atom. The van der Waals surface area contributed by atoms with Gasteiger partial charge in [-0.25, -0.2) is 0 Å². The van der Waals surface area contributed by atoms with Gasteiger partial charge < -0.3 is 5.32 Å². The third-order valence-electron chi connectivity index (χ3n) is 4.61. The van der Waals surface area contributed by atoms with E-state index in [1.807, 2.05) is 12.1 Å². The molecule has 3 unspecified atom stereocenters. The molecule has 1 fully saturated rings. The maximum atomic E-state index is 12.3. The van der Waals surface area contributed by atoms with Crippen LogP contribution in [-0.2, 0) is 16.6 Å². The number of nitrogens with one attached hydrogen (secondary N) is 1. The largest absolute Gasteiger partial charge is 0.314 e. The standard InChI is InChI=1S/C18H29NOS/c1-3-12-19-18-10-6-9-16(18)11-13-21(20)14-17-8-5-4-7-15(17)2/h4-5,7-8,16,18-19H,3,6,9-14H2,1-2H3. The number of rotatable bonds is 8. The lowest BCUT2D eigenvalue weighted by Crippen LogP contribution is -2.33. The molecule has 1 aliphatic rings. The van der Waals surface area contributed by atoms with Crippen LogP contribution in [0.5, 0.6) is 0 Å². The first kappa shape index (κ1) is 16.7. The minimum absolute atomic E-state index is 0.667. The third-order valence-corrected chi connectivity index (χ3v) is 5.93. The fourth-order valence-corrected chi connectivity index (χ4v) is 4.66. The van der Waals surface area contributed by atoms with E-state index < -0.39 is 10.8 Å². The average Bonchev–Trinajstić information content (AvgIpc) is 2.93. The summed E-state index contributed by atoms with van der Waals surface area (Å²) < 4.78 is 12.3. The highest BCUT2D eigenvalue weighted by atomic mass is 32.2. The normalized spacial score (nSPS) is 23.3. The zero-order valence-electron chi connectivity index (χ0n) is 13.4. The van der Waals surface area contributed by atoms with Gasteiger partial charge in [0, 0.05) is 28.3 Å².